The topological polar surface area (TPSA) is 45.0 Å². The van der Waals surface area contributed by atoms with Crippen molar-refractivity contribution in [3.8, 4) is 6.07 Å². The molecule has 0 amide bonds. The second-order valence-corrected chi connectivity index (χ2v) is 5.57. The highest BCUT2D eigenvalue weighted by Gasteiger charge is 2.17. The monoisotopic (exact) mass is 260 g/mol. The van der Waals surface area contributed by atoms with Crippen LogP contribution in [0, 0.1) is 16.7 Å². The van der Waals surface area contributed by atoms with Crippen LogP contribution < -0.4 is 5.32 Å². The van der Waals surface area contributed by atoms with Gasteiger partial charge in [0.15, 0.2) is 0 Å². The van der Waals surface area contributed by atoms with Gasteiger partial charge in [0, 0.05) is 31.5 Å². The van der Waals surface area contributed by atoms with E-state index >= 15 is 0 Å². The number of rotatable bonds is 9. The van der Waals surface area contributed by atoms with Crippen molar-refractivity contribution >= 4 is 0 Å². The van der Waals surface area contributed by atoms with Crippen molar-refractivity contribution in [2.45, 2.75) is 33.2 Å². The molecule has 19 heavy (non-hydrogen) atoms. The van der Waals surface area contributed by atoms with Crippen LogP contribution >= 0.6 is 0 Å². The molecule has 0 atom stereocenters. The second-order valence-electron chi connectivity index (χ2n) is 5.57. The van der Waals surface area contributed by atoms with Gasteiger partial charge in [-0.1, -0.05) is 44.2 Å². The highest BCUT2D eigenvalue weighted by molar-refractivity contribution is 5.14. The molecule has 0 unspecified atom stereocenters. The first-order valence-electron chi connectivity index (χ1n) is 6.83. The molecule has 0 saturated carbocycles. The zero-order valence-electron chi connectivity index (χ0n) is 12.0. The molecule has 0 aliphatic heterocycles. The predicted octanol–water partition coefficient (Wildman–Crippen LogP) is 3.12. The van der Waals surface area contributed by atoms with Crippen molar-refractivity contribution in [2.24, 2.45) is 5.41 Å². The summed E-state index contributed by atoms with van der Waals surface area (Å²) < 4.78 is 5.61. The van der Waals surface area contributed by atoms with Gasteiger partial charge in [0.2, 0.25) is 0 Å². The molecule has 0 aromatic heterocycles. The fourth-order valence-electron chi connectivity index (χ4n) is 1.79. The van der Waals surface area contributed by atoms with Gasteiger partial charge in [-0.3, -0.25) is 0 Å². The molecular weight excluding hydrogens is 236 g/mol. The summed E-state index contributed by atoms with van der Waals surface area (Å²) in [4.78, 5) is 0. The summed E-state index contributed by atoms with van der Waals surface area (Å²) in [7, 11) is 0. The Morgan fingerprint density at radius 3 is 2.68 bits per heavy atom. The third-order valence-electron chi connectivity index (χ3n) is 2.85. The molecule has 0 aliphatic carbocycles. The van der Waals surface area contributed by atoms with E-state index in [2.05, 4.69) is 49.5 Å². The molecule has 1 aromatic rings. The van der Waals surface area contributed by atoms with E-state index in [1.165, 1.54) is 5.56 Å². The largest absolute Gasteiger partial charge is 0.381 e. The maximum absolute atomic E-state index is 8.43. The van der Waals surface area contributed by atoms with Gasteiger partial charge < -0.3 is 10.1 Å². The van der Waals surface area contributed by atoms with Gasteiger partial charge in [-0.15, -0.1) is 0 Å². The molecule has 1 aromatic carbocycles. The van der Waals surface area contributed by atoms with E-state index in [9.17, 15) is 0 Å². The van der Waals surface area contributed by atoms with Crippen molar-refractivity contribution in [3.05, 3.63) is 35.9 Å². The van der Waals surface area contributed by atoms with Gasteiger partial charge >= 0.3 is 0 Å². The lowest BCUT2D eigenvalue weighted by Gasteiger charge is -2.25. The van der Waals surface area contributed by atoms with Crippen LogP contribution in [0.5, 0.6) is 0 Å². The first kappa shape index (κ1) is 15.7. The number of hydrogen-bond acceptors (Lipinski definition) is 3. The minimum absolute atomic E-state index is 0.113. The second kappa shape index (κ2) is 8.68. The van der Waals surface area contributed by atoms with Crippen LogP contribution in [-0.4, -0.2) is 19.8 Å². The van der Waals surface area contributed by atoms with Crippen LogP contribution in [0.2, 0.25) is 0 Å². The molecule has 0 aliphatic rings. The fraction of sp³-hybridized carbons (Fsp3) is 0.562. The zero-order chi connectivity index (χ0) is 14.0. The van der Waals surface area contributed by atoms with E-state index < -0.39 is 0 Å². The molecule has 0 radical (unpaired) electrons. The maximum Gasteiger partial charge on any atom is 0.0622 e. The molecule has 0 saturated heterocycles. The van der Waals surface area contributed by atoms with Gasteiger partial charge in [0.1, 0.15) is 0 Å². The molecule has 104 valence electrons. The number of nitrogens with one attached hydrogen (secondary N) is 1. The number of unbranched alkanes of at least 4 members (excludes halogenated alkanes) is 1. The van der Waals surface area contributed by atoms with Crippen molar-refractivity contribution in [2.75, 3.05) is 19.8 Å². The van der Waals surface area contributed by atoms with Crippen LogP contribution in [-0.2, 0) is 11.3 Å². The van der Waals surface area contributed by atoms with Crippen LogP contribution in [0.15, 0.2) is 30.3 Å². The molecular formula is C16H24N2O. The van der Waals surface area contributed by atoms with Gasteiger partial charge in [0.05, 0.1) is 12.7 Å². The third-order valence-corrected chi connectivity index (χ3v) is 2.85. The molecule has 0 bridgehead atoms. The van der Waals surface area contributed by atoms with Crippen LogP contribution in [0.3, 0.4) is 0 Å². The van der Waals surface area contributed by atoms with Gasteiger partial charge in [0.25, 0.3) is 0 Å². The maximum atomic E-state index is 8.43. The Morgan fingerprint density at radius 2 is 2.00 bits per heavy atom. The first-order chi connectivity index (χ1) is 9.14. The average molecular weight is 260 g/mol. The Morgan fingerprint density at radius 1 is 1.26 bits per heavy atom. The molecule has 3 heteroatoms. The average Bonchev–Trinajstić information content (AvgIpc) is 2.39. The quantitative estimate of drug-likeness (QED) is 0.694. The van der Waals surface area contributed by atoms with Crippen molar-refractivity contribution < 1.29 is 4.74 Å². The summed E-state index contributed by atoms with van der Waals surface area (Å²) in [6.07, 6.45) is 1.40. The molecule has 0 heterocycles. The van der Waals surface area contributed by atoms with E-state index in [4.69, 9.17) is 10.00 Å². The standard InChI is InChI=1S/C16H24N2O/c1-16(2,14-19-11-7-6-10-17)13-18-12-15-8-4-3-5-9-15/h3-5,8-9,18H,6-7,11-14H2,1-2H3. The Kier molecular flexibility index (Phi) is 7.17. The zero-order valence-corrected chi connectivity index (χ0v) is 12.0. The van der Waals surface area contributed by atoms with Crippen LogP contribution in [0.25, 0.3) is 0 Å². The summed E-state index contributed by atoms with van der Waals surface area (Å²) in [5, 5.41) is 11.9. The lowest BCUT2D eigenvalue weighted by molar-refractivity contribution is 0.0610. The van der Waals surface area contributed by atoms with Gasteiger partial charge in [-0.25, -0.2) is 0 Å². The van der Waals surface area contributed by atoms with E-state index in [1.807, 2.05) is 6.07 Å². The summed E-state index contributed by atoms with van der Waals surface area (Å²) in [6.45, 7) is 7.58. The van der Waals surface area contributed by atoms with Crippen molar-refractivity contribution in [1.29, 1.82) is 5.26 Å². The fourth-order valence-corrected chi connectivity index (χ4v) is 1.79. The number of hydrogen-bond donors (Lipinski definition) is 1. The number of benzene rings is 1. The Hall–Kier alpha value is -1.37. The van der Waals surface area contributed by atoms with E-state index in [-0.39, 0.29) is 5.41 Å². The SMILES string of the molecule is CC(C)(CNCc1ccccc1)COCCCC#N. The van der Waals surface area contributed by atoms with Crippen LogP contribution in [0.1, 0.15) is 32.3 Å². The first-order valence-corrected chi connectivity index (χ1v) is 6.83. The predicted molar refractivity (Wildman–Crippen MR) is 77.6 cm³/mol. The van der Waals surface area contributed by atoms with Gasteiger partial charge in [-0.05, 0) is 12.0 Å². The smallest absolute Gasteiger partial charge is 0.0622 e. The van der Waals surface area contributed by atoms with Gasteiger partial charge in [-0.2, -0.15) is 5.26 Å². The van der Waals surface area contributed by atoms with E-state index in [0.29, 0.717) is 13.0 Å². The van der Waals surface area contributed by atoms with Crippen molar-refractivity contribution in [1.82, 2.24) is 5.32 Å². The summed E-state index contributed by atoms with van der Waals surface area (Å²) >= 11 is 0. The minimum Gasteiger partial charge on any atom is -0.381 e. The lowest BCUT2D eigenvalue weighted by Crippen LogP contribution is -2.33. The highest BCUT2D eigenvalue weighted by atomic mass is 16.5. The number of nitriles is 1. The number of nitrogens with zero attached hydrogens (tertiary/aromatic N) is 1. The van der Waals surface area contributed by atoms with E-state index in [0.717, 1.165) is 26.1 Å². The van der Waals surface area contributed by atoms with E-state index in [1.54, 1.807) is 0 Å². The lowest BCUT2D eigenvalue weighted by atomic mass is 9.95. The normalized spacial score (nSPS) is 11.2. The van der Waals surface area contributed by atoms with Crippen molar-refractivity contribution in [3.63, 3.8) is 0 Å². The molecule has 3 nitrogen and oxygen atoms in total. The Labute approximate surface area is 116 Å². The molecule has 0 spiro atoms. The number of ether oxygens (including phenoxy) is 1. The van der Waals surface area contributed by atoms with Crippen LogP contribution in [0.4, 0.5) is 0 Å². The molecule has 1 rings (SSSR count). The summed E-state index contributed by atoms with van der Waals surface area (Å²) in [6, 6.07) is 12.5. The minimum atomic E-state index is 0.113. The highest BCUT2D eigenvalue weighted by Crippen LogP contribution is 2.14. The third kappa shape index (κ3) is 7.61. The Balaban J connectivity index is 2.14. The summed E-state index contributed by atoms with van der Waals surface area (Å²) in [5.41, 5.74) is 1.41. The summed E-state index contributed by atoms with van der Waals surface area (Å²) in [5.74, 6) is 0. The molecule has 0 fully saturated rings. The Bertz CT molecular complexity index is 381. The molecule has 1 N–H and O–H groups in total.